The Morgan fingerprint density at radius 2 is 1.80 bits per heavy atom. The number of aromatic nitrogens is 2. The van der Waals surface area contributed by atoms with Gasteiger partial charge in [0.05, 0.1) is 36.5 Å². The lowest BCUT2D eigenvalue weighted by Gasteiger charge is -2.35. The SMILES string of the molecule is COc1cc2c(cc1OCCCCCCN1CCN(c3ncnc4ccccc34)CC1)N=C[C@@H]1CCCN1C2=O. The molecule has 2 aromatic carbocycles. The summed E-state index contributed by atoms with van der Waals surface area (Å²) < 4.78 is 11.7. The standard InChI is InChI=1S/C31H38N6O3/c1-39-28-19-25-27(32-21-23-9-8-13-37(23)31(25)38)20-29(28)40-18-7-3-2-6-12-35-14-16-36(17-15-35)30-24-10-4-5-11-26(24)33-22-34-30/h4-5,10-11,19-23H,2-3,6-9,12-18H2,1H3/t23-/m0/s1. The monoisotopic (exact) mass is 542 g/mol. The Morgan fingerprint density at radius 3 is 2.67 bits per heavy atom. The second-order valence-corrected chi connectivity index (χ2v) is 10.8. The highest BCUT2D eigenvalue weighted by atomic mass is 16.5. The Balaban J connectivity index is 0.923. The van der Waals surface area contributed by atoms with Crippen LogP contribution in [-0.4, -0.2) is 90.9 Å². The molecule has 0 N–H and O–H groups in total. The fourth-order valence-electron chi connectivity index (χ4n) is 6.02. The lowest BCUT2D eigenvalue weighted by Crippen LogP contribution is -2.47. The summed E-state index contributed by atoms with van der Waals surface area (Å²) in [5.74, 6) is 2.33. The van der Waals surface area contributed by atoms with E-state index >= 15 is 0 Å². The van der Waals surface area contributed by atoms with Crippen molar-refractivity contribution in [2.45, 2.75) is 44.6 Å². The molecule has 3 aliphatic heterocycles. The summed E-state index contributed by atoms with van der Waals surface area (Å²) in [6.45, 7) is 6.63. The number of amides is 1. The van der Waals surface area contributed by atoms with Crippen molar-refractivity contribution >= 4 is 34.5 Å². The van der Waals surface area contributed by atoms with Gasteiger partial charge in [-0.25, -0.2) is 9.97 Å². The third kappa shape index (κ3) is 5.61. The number of para-hydroxylation sites is 1. The average Bonchev–Trinajstić information content (AvgIpc) is 3.43. The molecule has 1 atom stereocenters. The zero-order valence-electron chi connectivity index (χ0n) is 23.3. The highest BCUT2D eigenvalue weighted by Crippen LogP contribution is 2.38. The van der Waals surface area contributed by atoms with Gasteiger partial charge in [0.15, 0.2) is 11.5 Å². The number of anilines is 1. The van der Waals surface area contributed by atoms with E-state index in [2.05, 4.69) is 36.9 Å². The Kier molecular flexibility index (Phi) is 8.09. The fourth-order valence-corrected chi connectivity index (χ4v) is 6.02. The van der Waals surface area contributed by atoms with Crippen LogP contribution in [0.4, 0.5) is 11.5 Å². The Labute approximate surface area is 235 Å². The predicted molar refractivity (Wildman–Crippen MR) is 157 cm³/mol. The molecule has 210 valence electrons. The summed E-state index contributed by atoms with van der Waals surface area (Å²) in [5, 5.41) is 1.13. The van der Waals surface area contributed by atoms with Crippen molar-refractivity contribution in [1.82, 2.24) is 19.8 Å². The van der Waals surface area contributed by atoms with E-state index in [1.165, 1.54) is 12.8 Å². The third-order valence-corrected chi connectivity index (χ3v) is 8.28. The first-order valence-corrected chi connectivity index (χ1v) is 14.6. The van der Waals surface area contributed by atoms with Crippen LogP contribution in [0.1, 0.15) is 48.9 Å². The molecule has 1 amide bonds. The first-order chi connectivity index (χ1) is 19.7. The van der Waals surface area contributed by atoms with Crippen LogP contribution in [0.2, 0.25) is 0 Å². The molecule has 0 bridgehead atoms. The number of fused-ring (bicyclic) bond motifs is 3. The van der Waals surface area contributed by atoms with Gasteiger partial charge in [0.2, 0.25) is 0 Å². The van der Waals surface area contributed by atoms with Crippen molar-refractivity contribution < 1.29 is 14.3 Å². The third-order valence-electron chi connectivity index (χ3n) is 8.28. The molecule has 2 fully saturated rings. The number of methoxy groups -OCH3 is 1. The molecule has 0 unspecified atom stereocenters. The molecule has 4 heterocycles. The molecule has 3 aromatic rings. The number of aliphatic imine (C=N–C) groups is 1. The molecule has 9 nitrogen and oxygen atoms in total. The van der Waals surface area contributed by atoms with E-state index in [4.69, 9.17) is 9.47 Å². The molecule has 0 aliphatic carbocycles. The lowest BCUT2D eigenvalue weighted by atomic mass is 10.1. The summed E-state index contributed by atoms with van der Waals surface area (Å²) in [7, 11) is 1.62. The van der Waals surface area contributed by atoms with Gasteiger partial charge < -0.3 is 19.3 Å². The Morgan fingerprint density at radius 1 is 0.950 bits per heavy atom. The minimum Gasteiger partial charge on any atom is -0.493 e. The minimum absolute atomic E-state index is 0.0313. The normalized spacial score (nSPS) is 19.0. The van der Waals surface area contributed by atoms with Gasteiger partial charge in [-0.15, -0.1) is 0 Å². The zero-order chi connectivity index (χ0) is 27.3. The largest absolute Gasteiger partial charge is 0.493 e. The van der Waals surface area contributed by atoms with Crippen LogP contribution in [-0.2, 0) is 0 Å². The van der Waals surface area contributed by atoms with E-state index < -0.39 is 0 Å². The lowest BCUT2D eigenvalue weighted by molar-refractivity contribution is 0.0774. The van der Waals surface area contributed by atoms with Gasteiger partial charge in [0.25, 0.3) is 5.91 Å². The first-order valence-electron chi connectivity index (χ1n) is 14.6. The molecule has 2 saturated heterocycles. The molecule has 0 radical (unpaired) electrons. The van der Waals surface area contributed by atoms with Crippen LogP contribution in [0.15, 0.2) is 47.7 Å². The maximum Gasteiger partial charge on any atom is 0.256 e. The van der Waals surface area contributed by atoms with Crippen LogP contribution >= 0.6 is 0 Å². The second kappa shape index (κ2) is 12.2. The predicted octanol–water partition coefficient (Wildman–Crippen LogP) is 4.72. The smallest absolute Gasteiger partial charge is 0.256 e. The van der Waals surface area contributed by atoms with Gasteiger partial charge >= 0.3 is 0 Å². The molecular formula is C31H38N6O3. The minimum atomic E-state index is 0.0313. The van der Waals surface area contributed by atoms with Gasteiger partial charge in [-0.2, -0.15) is 0 Å². The van der Waals surface area contributed by atoms with E-state index in [0.717, 1.165) is 81.7 Å². The number of hydrogen-bond donors (Lipinski definition) is 0. The van der Waals surface area contributed by atoms with Crippen LogP contribution in [0.5, 0.6) is 11.5 Å². The van der Waals surface area contributed by atoms with Crippen molar-refractivity contribution in [3.8, 4) is 11.5 Å². The highest BCUT2D eigenvalue weighted by Gasteiger charge is 2.32. The van der Waals surface area contributed by atoms with Gasteiger partial charge in [0.1, 0.15) is 12.1 Å². The Bertz CT molecular complexity index is 1370. The van der Waals surface area contributed by atoms with Gasteiger partial charge in [-0.3, -0.25) is 14.7 Å². The number of nitrogens with zero attached hydrogens (tertiary/aromatic N) is 6. The molecule has 40 heavy (non-hydrogen) atoms. The van der Waals surface area contributed by atoms with Crippen LogP contribution < -0.4 is 14.4 Å². The molecule has 9 heteroatoms. The van der Waals surface area contributed by atoms with E-state index in [1.807, 2.05) is 29.3 Å². The summed E-state index contributed by atoms with van der Waals surface area (Å²) in [5.41, 5.74) is 2.27. The van der Waals surface area contributed by atoms with Crippen LogP contribution in [0.25, 0.3) is 10.9 Å². The van der Waals surface area contributed by atoms with Crippen LogP contribution in [0.3, 0.4) is 0 Å². The number of unbranched alkanes of at least 4 members (excludes halogenated alkanes) is 3. The highest BCUT2D eigenvalue weighted by molar-refractivity contribution is 6.03. The summed E-state index contributed by atoms with van der Waals surface area (Å²) >= 11 is 0. The van der Waals surface area contributed by atoms with Crippen molar-refractivity contribution in [2.75, 3.05) is 57.9 Å². The molecule has 0 saturated carbocycles. The second-order valence-electron chi connectivity index (χ2n) is 10.8. The molecule has 1 aromatic heterocycles. The van der Waals surface area contributed by atoms with E-state index in [9.17, 15) is 4.79 Å². The van der Waals surface area contributed by atoms with Gasteiger partial charge in [-0.1, -0.05) is 25.0 Å². The first kappa shape index (κ1) is 26.5. The summed E-state index contributed by atoms with van der Waals surface area (Å²) in [6.07, 6.45) is 10.0. The van der Waals surface area contributed by atoms with E-state index in [-0.39, 0.29) is 11.9 Å². The quantitative estimate of drug-likeness (QED) is 0.343. The van der Waals surface area contributed by atoms with Crippen molar-refractivity contribution in [3.05, 3.63) is 48.3 Å². The van der Waals surface area contributed by atoms with Gasteiger partial charge in [0, 0.05) is 50.4 Å². The van der Waals surface area contributed by atoms with E-state index in [1.54, 1.807) is 19.5 Å². The molecule has 6 rings (SSSR count). The molecule has 3 aliphatic rings. The number of rotatable bonds is 10. The summed E-state index contributed by atoms with van der Waals surface area (Å²) in [6, 6.07) is 12.0. The molecular weight excluding hydrogens is 504 g/mol. The van der Waals surface area contributed by atoms with Crippen molar-refractivity contribution in [1.29, 1.82) is 0 Å². The van der Waals surface area contributed by atoms with Gasteiger partial charge in [-0.05, 0) is 50.4 Å². The number of hydrogen-bond acceptors (Lipinski definition) is 8. The fraction of sp³-hybridized carbons (Fsp3) is 0.484. The van der Waals surface area contributed by atoms with E-state index in [0.29, 0.717) is 29.4 Å². The maximum atomic E-state index is 13.0. The number of carbonyl (C=O) groups is 1. The molecule has 0 spiro atoms. The van der Waals surface area contributed by atoms with Crippen molar-refractivity contribution in [2.24, 2.45) is 4.99 Å². The topological polar surface area (TPSA) is 83.4 Å². The number of ether oxygens (including phenoxy) is 2. The van der Waals surface area contributed by atoms with Crippen molar-refractivity contribution in [3.63, 3.8) is 0 Å². The number of carbonyl (C=O) groups excluding carboxylic acids is 1. The number of benzene rings is 2. The zero-order valence-corrected chi connectivity index (χ0v) is 23.3. The Hall–Kier alpha value is -3.72. The van der Waals surface area contributed by atoms with Crippen LogP contribution in [0, 0.1) is 0 Å². The average molecular weight is 543 g/mol. The maximum absolute atomic E-state index is 13.0. The number of piperazine rings is 1. The summed E-state index contributed by atoms with van der Waals surface area (Å²) in [4.78, 5) is 33.5.